The predicted molar refractivity (Wildman–Crippen MR) is 421 cm³/mol. The number of fused-ring (bicyclic) bond motifs is 22. The van der Waals surface area contributed by atoms with Gasteiger partial charge >= 0.3 is 23.1 Å². The largest absolute Gasteiger partial charge is 2.00 e. The van der Waals surface area contributed by atoms with Crippen molar-refractivity contribution in [2.45, 2.75) is 19.4 Å². The summed E-state index contributed by atoms with van der Waals surface area (Å²) < 4.78 is 87.3. The summed E-state index contributed by atoms with van der Waals surface area (Å²) in [7, 11) is 9.66. The first kappa shape index (κ1) is 71.4. The summed E-state index contributed by atoms with van der Waals surface area (Å²) in [5, 5.41) is 2.17. The molecule has 1 saturated carbocycles. The smallest absolute Gasteiger partial charge is 0.497 e. The Kier molecular flexibility index (Phi) is 19.7. The number of aromatic amines is 2. The minimum absolute atomic E-state index is 0. The molecule has 2 aliphatic heterocycles. The van der Waals surface area contributed by atoms with E-state index >= 15 is 0 Å². The second kappa shape index (κ2) is 30.9. The van der Waals surface area contributed by atoms with Crippen molar-refractivity contribution < 1.29 is 76.3 Å². The van der Waals surface area contributed by atoms with E-state index in [1.165, 1.54) is 12.8 Å². The molecular formula is C89H70MgN8O14+2. The number of nitrogens with zero attached hydrogens (tertiary/aromatic N) is 6. The van der Waals surface area contributed by atoms with Crippen molar-refractivity contribution in [2.75, 3.05) is 49.3 Å². The molecular weight excluding hydrogens is 1430 g/mol. The zero-order chi connectivity index (χ0) is 75.1. The van der Waals surface area contributed by atoms with Crippen LogP contribution in [0.5, 0.6) is 115 Å². The van der Waals surface area contributed by atoms with Crippen LogP contribution in [0.1, 0.15) is 18.4 Å². The molecule has 23 heteroatoms. The fourth-order valence-electron chi connectivity index (χ4n) is 14.1. The Hall–Kier alpha value is -13.5. The van der Waals surface area contributed by atoms with Gasteiger partial charge in [0, 0.05) is 32.8 Å². The number of nitrogens with one attached hydrogen (secondary N) is 2. The number of hydrogen-bond acceptors (Lipinski definition) is 18. The number of benzene rings is 11. The number of methoxy groups -OCH3 is 6. The molecule has 10 bridgehead atoms. The van der Waals surface area contributed by atoms with Crippen LogP contribution < -0.4 is 86.3 Å². The van der Waals surface area contributed by atoms with E-state index in [0.717, 1.165) is 11.3 Å². The van der Waals surface area contributed by atoms with E-state index in [1.54, 1.807) is 42.7 Å². The molecule has 2 aliphatic carbocycles. The molecule has 14 aromatic rings. The van der Waals surface area contributed by atoms with Crippen LogP contribution in [0.3, 0.4) is 0 Å². The fourth-order valence-corrected chi connectivity index (χ4v) is 14.1. The number of allylic oxidation sites excluding steroid dienone is 2. The molecule has 3 unspecified atom stereocenters. The SMILES string of the molecule is COc1ccc(Oc2cc3c(cc2Oc2ccc(OC)cc2)-c2nc4[n-]c(nc5[nH+]c(nc6[n-]c(nc-3[nH+]2)c2cc(Oc3ccc(OC)cc3)c(Oc3ccc(OC)cc3)cc62)-c2ccc(OCc3ccc(OCC6CC7C=CC6C7)cc3)cc2-5)c2cc(Oc3ccc(OC)cc3)c(Oc3ccc(OC)cc3)cc42)cc1.[Mg+2]. The normalized spacial score (nSPS) is 14.1. The molecule has 5 heterocycles. The van der Waals surface area contributed by atoms with E-state index in [-0.39, 0.29) is 52.2 Å². The third-order valence-corrected chi connectivity index (χ3v) is 19.9. The quantitative estimate of drug-likeness (QED) is 0.0404. The van der Waals surface area contributed by atoms with E-state index in [9.17, 15) is 0 Å². The summed E-state index contributed by atoms with van der Waals surface area (Å²) in [6.45, 7) is 0.954. The molecule has 18 rings (SSSR count). The van der Waals surface area contributed by atoms with Crippen LogP contribution in [0.4, 0.5) is 0 Å². The van der Waals surface area contributed by atoms with Crippen molar-refractivity contribution in [2.24, 2.45) is 17.8 Å². The average molecular weight is 1500 g/mol. The van der Waals surface area contributed by atoms with Crippen molar-refractivity contribution in [1.82, 2.24) is 29.9 Å². The predicted octanol–water partition coefficient (Wildman–Crippen LogP) is 18.6. The minimum atomic E-state index is 0. The topological polar surface area (TPSA) is 237 Å². The average Bonchev–Trinajstić information content (AvgIpc) is 1.59. The maximum absolute atomic E-state index is 6.84. The molecule has 112 heavy (non-hydrogen) atoms. The van der Waals surface area contributed by atoms with Gasteiger partial charge in [-0.15, -0.1) is 0 Å². The van der Waals surface area contributed by atoms with Crippen LogP contribution in [0, 0.1) is 17.8 Å². The first-order valence-corrected chi connectivity index (χ1v) is 36.0. The van der Waals surface area contributed by atoms with Gasteiger partial charge in [0.05, 0.1) is 66.0 Å². The first-order valence-electron chi connectivity index (χ1n) is 36.0. The van der Waals surface area contributed by atoms with Gasteiger partial charge in [-0.05, 0) is 248 Å². The standard InChI is InChI=1S/C89H68N8O14.Mg/c1-98-54-13-25-61(26-14-54)106-76-42-70-71(43-77(76)107-62-27-15-55(99-2)16-28-62)86-93-84(70)91-82-68-38-37-67(104-48-50-8-11-60(12-9-50)105-49-53-40-51-7-10-52(53)39-51)41-69(68)83(90-82)92-85-72-44-78(108-63-29-17-56(100-3)18-30-63)79(109-64-31-19-57(101-4)20-32-64)45-73(72)87(94-85)96-89-75-47-81(111-66-35-23-59(103-6)24-36-66)80(46-74(75)88(95-86)97-89)110-65-33-21-58(102-5)22-34-65;/h7-38,41-47,51-53H,39-40,48-49H2,1-6H3;/q-2;+2/p+2. The molecule has 2 N–H and O–H groups in total. The number of aromatic nitrogens is 8. The van der Waals surface area contributed by atoms with Crippen molar-refractivity contribution in [3.63, 3.8) is 0 Å². The van der Waals surface area contributed by atoms with Gasteiger partial charge in [-0.1, -0.05) is 39.2 Å². The summed E-state index contributed by atoms with van der Waals surface area (Å²) in [6.07, 6.45) is 7.12. The molecule has 550 valence electrons. The Bertz CT molecular complexity index is 6070. The first-order chi connectivity index (χ1) is 54.5. The zero-order valence-electron chi connectivity index (χ0n) is 61.7. The van der Waals surface area contributed by atoms with Gasteiger partial charge in [-0.25, -0.2) is 4.98 Å². The molecule has 0 amide bonds. The van der Waals surface area contributed by atoms with Gasteiger partial charge in [0.1, 0.15) is 92.9 Å². The summed E-state index contributed by atoms with van der Waals surface area (Å²) in [5.41, 5.74) is 4.39. The second-order valence-corrected chi connectivity index (χ2v) is 26.8. The molecule has 1 fully saturated rings. The van der Waals surface area contributed by atoms with Crippen LogP contribution >= 0.6 is 0 Å². The minimum Gasteiger partial charge on any atom is -0.497 e. The number of H-pyrrole nitrogens is 2. The van der Waals surface area contributed by atoms with Crippen LogP contribution in [0.25, 0.3) is 89.7 Å². The Morgan fingerprint density at radius 1 is 0.304 bits per heavy atom. The van der Waals surface area contributed by atoms with E-state index in [4.69, 9.17) is 96.2 Å². The zero-order valence-corrected chi connectivity index (χ0v) is 63.1. The van der Waals surface area contributed by atoms with Crippen molar-refractivity contribution in [1.29, 1.82) is 0 Å². The Balaban J connectivity index is 0.00000910. The van der Waals surface area contributed by atoms with E-state index in [2.05, 4.69) is 22.1 Å². The van der Waals surface area contributed by atoms with Crippen molar-refractivity contribution >= 4 is 67.2 Å². The van der Waals surface area contributed by atoms with Gasteiger partial charge in [0.25, 0.3) is 17.5 Å². The molecule has 3 atom stereocenters. The maximum atomic E-state index is 6.84. The van der Waals surface area contributed by atoms with E-state index < -0.39 is 0 Å². The number of ether oxygens (including phenoxy) is 14. The number of hydrogen-bond donors (Lipinski definition) is 0. The van der Waals surface area contributed by atoms with Gasteiger partial charge < -0.3 is 76.3 Å². The molecule has 3 aromatic heterocycles. The third-order valence-electron chi connectivity index (χ3n) is 19.9. The third kappa shape index (κ3) is 14.7. The van der Waals surface area contributed by atoms with Gasteiger partial charge in [0.15, 0.2) is 51.4 Å². The molecule has 0 spiro atoms. The molecule has 0 saturated heterocycles. The number of rotatable bonds is 24. The van der Waals surface area contributed by atoms with E-state index in [1.807, 2.05) is 224 Å². The summed E-state index contributed by atoms with van der Waals surface area (Å²) in [6, 6.07) is 68.6. The van der Waals surface area contributed by atoms with Crippen molar-refractivity contribution in [3.05, 3.63) is 242 Å². The molecule has 0 radical (unpaired) electrons. The second-order valence-electron chi connectivity index (χ2n) is 26.8. The van der Waals surface area contributed by atoms with Gasteiger partial charge in [0.2, 0.25) is 0 Å². The Morgan fingerprint density at radius 2 is 0.598 bits per heavy atom. The maximum Gasteiger partial charge on any atom is 2.00 e. The van der Waals surface area contributed by atoms with Crippen LogP contribution in [-0.2, 0) is 6.61 Å². The summed E-state index contributed by atoms with van der Waals surface area (Å²) in [5.74, 6) is 13.5. The van der Waals surface area contributed by atoms with Crippen LogP contribution in [0.2, 0.25) is 0 Å². The van der Waals surface area contributed by atoms with E-state index in [0.29, 0.717) is 201 Å². The van der Waals surface area contributed by atoms with Crippen molar-refractivity contribution in [3.8, 4) is 161 Å². The monoisotopic (exact) mass is 1500 g/mol. The Labute approximate surface area is 658 Å². The van der Waals surface area contributed by atoms with Crippen LogP contribution in [0.15, 0.2) is 237 Å². The Morgan fingerprint density at radius 3 is 0.911 bits per heavy atom. The fraction of sp³-hybridized carbons (Fsp3) is 0.146. The molecule has 11 aromatic carbocycles. The molecule has 4 aliphatic rings. The molecule has 22 nitrogen and oxygen atoms in total. The van der Waals surface area contributed by atoms with Gasteiger partial charge in [-0.2, -0.15) is 0 Å². The summed E-state index contributed by atoms with van der Waals surface area (Å²) in [4.78, 5) is 40.1. The van der Waals surface area contributed by atoms with Crippen LogP contribution in [-0.4, -0.2) is 92.3 Å². The van der Waals surface area contributed by atoms with Gasteiger partial charge in [-0.3, -0.25) is 9.97 Å². The summed E-state index contributed by atoms with van der Waals surface area (Å²) >= 11 is 0.